The molecule has 0 aromatic heterocycles. The molecule has 0 fully saturated rings. The van der Waals surface area contributed by atoms with E-state index in [1.807, 2.05) is 6.07 Å². The number of ether oxygens (including phenoxy) is 1. The molecule has 0 spiro atoms. The van der Waals surface area contributed by atoms with Crippen molar-refractivity contribution in [1.82, 2.24) is 0 Å². The van der Waals surface area contributed by atoms with Crippen molar-refractivity contribution in [3.05, 3.63) is 35.4 Å². The maximum atomic E-state index is 11.8. The summed E-state index contributed by atoms with van der Waals surface area (Å²) in [6.07, 6.45) is 0.147. The number of nitrogens with two attached hydrogens (primary N) is 1. The molecule has 1 amide bonds. The third kappa shape index (κ3) is 5.23. The minimum atomic E-state index is -0.558. The summed E-state index contributed by atoms with van der Waals surface area (Å²) < 4.78 is 5.19. The average molecular weight is 297 g/mol. The molecule has 1 aromatic carbocycles. The first kappa shape index (κ1) is 16.5. The quantitative estimate of drug-likeness (QED) is 0.881. The van der Waals surface area contributed by atoms with Crippen LogP contribution in [-0.2, 0) is 4.74 Å². The van der Waals surface area contributed by atoms with Gasteiger partial charge in [0.05, 0.1) is 10.7 Å². The Labute approximate surface area is 124 Å². The fourth-order valence-electron chi connectivity index (χ4n) is 1.57. The van der Waals surface area contributed by atoms with Crippen molar-refractivity contribution in [2.75, 3.05) is 11.9 Å². The average Bonchev–Trinajstić information content (AvgIpc) is 2.29. The number of benzene rings is 1. The normalized spacial score (nSPS) is 11.1. The minimum Gasteiger partial charge on any atom is -0.444 e. The number of halogens is 1. The highest BCUT2D eigenvalue weighted by atomic mass is 35.5. The Balaban J connectivity index is 2.87. The first-order valence-electron chi connectivity index (χ1n) is 6.40. The first-order valence-corrected chi connectivity index (χ1v) is 6.78. The maximum absolute atomic E-state index is 11.8. The third-order valence-electron chi connectivity index (χ3n) is 2.46. The molecule has 0 bridgehead atoms. The number of nitrogens with one attached hydrogen (secondary N) is 1. The zero-order valence-electron chi connectivity index (χ0n) is 12.1. The predicted molar refractivity (Wildman–Crippen MR) is 84.0 cm³/mol. The topological polar surface area (TPSA) is 64.3 Å². The van der Waals surface area contributed by atoms with Gasteiger partial charge in [-0.05, 0) is 57.0 Å². The predicted octanol–water partition coefficient (Wildman–Crippen LogP) is 4.05. The smallest absolute Gasteiger partial charge is 0.412 e. The van der Waals surface area contributed by atoms with Crippen molar-refractivity contribution in [3.63, 3.8) is 0 Å². The van der Waals surface area contributed by atoms with Crippen LogP contribution in [0.15, 0.2) is 24.8 Å². The Morgan fingerprint density at radius 2 is 2.10 bits per heavy atom. The number of anilines is 1. The van der Waals surface area contributed by atoms with Gasteiger partial charge in [-0.2, -0.15) is 0 Å². The van der Waals surface area contributed by atoms with Crippen molar-refractivity contribution >= 4 is 29.0 Å². The molecule has 3 N–H and O–H groups in total. The van der Waals surface area contributed by atoms with Crippen molar-refractivity contribution in [1.29, 1.82) is 0 Å². The van der Waals surface area contributed by atoms with E-state index in [0.29, 0.717) is 23.7 Å². The maximum Gasteiger partial charge on any atom is 0.412 e. The summed E-state index contributed by atoms with van der Waals surface area (Å²) >= 11 is 6.07. The van der Waals surface area contributed by atoms with Crippen LogP contribution >= 0.6 is 11.6 Å². The number of rotatable bonds is 4. The van der Waals surface area contributed by atoms with Crippen LogP contribution in [0, 0.1) is 0 Å². The van der Waals surface area contributed by atoms with Gasteiger partial charge in [0.1, 0.15) is 5.60 Å². The van der Waals surface area contributed by atoms with Crippen LogP contribution in [0.25, 0.3) is 5.57 Å². The van der Waals surface area contributed by atoms with Crippen LogP contribution in [0.2, 0.25) is 5.02 Å². The second-order valence-corrected chi connectivity index (χ2v) is 5.87. The van der Waals surface area contributed by atoms with Crippen LogP contribution < -0.4 is 11.1 Å². The molecular weight excluding hydrogens is 276 g/mol. The Hall–Kier alpha value is -1.52. The molecule has 0 heterocycles. The van der Waals surface area contributed by atoms with Crippen LogP contribution in [-0.4, -0.2) is 18.2 Å². The van der Waals surface area contributed by atoms with E-state index in [2.05, 4.69) is 11.9 Å². The van der Waals surface area contributed by atoms with Gasteiger partial charge in [-0.1, -0.05) is 24.2 Å². The van der Waals surface area contributed by atoms with Crippen molar-refractivity contribution in [3.8, 4) is 0 Å². The molecule has 5 heteroatoms. The molecule has 0 unspecified atom stereocenters. The summed E-state index contributed by atoms with van der Waals surface area (Å²) in [5.74, 6) is 0. The van der Waals surface area contributed by atoms with E-state index >= 15 is 0 Å². The lowest BCUT2D eigenvalue weighted by molar-refractivity contribution is 0.0636. The van der Waals surface area contributed by atoms with Crippen LogP contribution in [0.5, 0.6) is 0 Å². The van der Waals surface area contributed by atoms with Gasteiger partial charge in [-0.25, -0.2) is 4.79 Å². The van der Waals surface area contributed by atoms with E-state index in [-0.39, 0.29) is 0 Å². The number of carbonyl (C=O) groups is 1. The minimum absolute atomic E-state index is 0.445. The molecule has 4 nitrogen and oxygen atoms in total. The Morgan fingerprint density at radius 1 is 1.45 bits per heavy atom. The molecule has 0 radical (unpaired) electrons. The van der Waals surface area contributed by atoms with Crippen LogP contribution in [0.1, 0.15) is 32.8 Å². The van der Waals surface area contributed by atoms with E-state index in [9.17, 15) is 4.79 Å². The standard InChI is InChI=1S/C15H21ClN2O2/c1-10(7-8-17)11-5-6-12(16)13(9-11)18-14(19)20-15(2,3)4/h5-6,9H,1,7-8,17H2,2-4H3,(H,18,19). The lowest BCUT2D eigenvalue weighted by Crippen LogP contribution is -2.27. The Morgan fingerprint density at radius 3 is 2.65 bits per heavy atom. The second kappa shape index (κ2) is 6.77. The summed E-state index contributed by atoms with van der Waals surface area (Å²) in [4.78, 5) is 11.8. The summed E-state index contributed by atoms with van der Waals surface area (Å²) in [5, 5.41) is 3.08. The Bertz CT molecular complexity index is 507. The van der Waals surface area contributed by atoms with Gasteiger partial charge in [0.2, 0.25) is 0 Å². The summed E-state index contributed by atoms with van der Waals surface area (Å²) in [6, 6.07) is 5.33. The lowest BCUT2D eigenvalue weighted by Gasteiger charge is -2.20. The summed E-state index contributed by atoms with van der Waals surface area (Å²) in [7, 11) is 0. The van der Waals surface area contributed by atoms with Gasteiger partial charge in [0.15, 0.2) is 0 Å². The highest BCUT2D eigenvalue weighted by Gasteiger charge is 2.17. The van der Waals surface area contributed by atoms with Gasteiger partial charge >= 0.3 is 6.09 Å². The Kier molecular flexibility index (Phi) is 5.60. The molecule has 110 valence electrons. The lowest BCUT2D eigenvalue weighted by atomic mass is 10.0. The van der Waals surface area contributed by atoms with E-state index in [1.54, 1.807) is 32.9 Å². The van der Waals surface area contributed by atoms with Crippen molar-refractivity contribution in [2.45, 2.75) is 32.8 Å². The fourth-order valence-corrected chi connectivity index (χ4v) is 1.74. The SMILES string of the molecule is C=C(CCN)c1ccc(Cl)c(NC(=O)OC(C)(C)C)c1. The zero-order chi connectivity index (χ0) is 15.3. The van der Waals surface area contributed by atoms with E-state index in [0.717, 1.165) is 11.1 Å². The zero-order valence-corrected chi connectivity index (χ0v) is 12.9. The van der Waals surface area contributed by atoms with Gasteiger partial charge in [-0.3, -0.25) is 5.32 Å². The van der Waals surface area contributed by atoms with Gasteiger partial charge < -0.3 is 10.5 Å². The molecule has 0 aliphatic carbocycles. The monoisotopic (exact) mass is 296 g/mol. The molecule has 0 atom stereocenters. The number of amides is 1. The van der Waals surface area contributed by atoms with Crippen molar-refractivity contribution < 1.29 is 9.53 Å². The molecule has 0 aliphatic heterocycles. The number of hydrogen-bond acceptors (Lipinski definition) is 3. The first-order chi connectivity index (χ1) is 9.23. The molecule has 0 saturated carbocycles. The largest absolute Gasteiger partial charge is 0.444 e. The molecule has 0 aliphatic rings. The number of hydrogen-bond donors (Lipinski definition) is 2. The molecular formula is C15H21ClN2O2. The highest BCUT2D eigenvalue weighted by molar-refractivity contribution is 6.33. The molecule has 0 saturated heterocycles. The molecule has 1 aromatic rings. The molecule has 20 heavy (non-hydrogen) atoms. The second-order valence-electron chi connectivity index (χ2n) is 5.46. The van der Waals surface area contributed by atoms with Gasteiger partial charge in [-0.15, -0.1) is 0 Å². The third-order valence-corrected chi connectivity index (χ3v) is 2.79. The molecule has 1 rings (SSSR count). The van der Waals surface area contributed by atoms with Crippen LogP contribution in [0.3, 0.4) is 0 Å². The highest BCUT2D eigenvalue weighted by Crippen LogP contribution is 2.27. The van der Waals surface area contributed by atoms with Crippen LogP contribution in [0.4, 0.5) is 10.5 Å². The van der Waals surface area contributed by atoms with Crippen molar-refractivity contribution in [2.24, 2.45) is 5.73 Å². The van der Waals surface area contributed by atoms with E-state index in [1.165, 1.54) is 0 Å². The van der Waals surface area contributed by atoms with Gasteiger partial charge in [0, 0.05) is 0 Å². The summed E-state index contributed by atoms with van der Waals surface area (Å²) in [6.45, 7) is 9.88. The summed E-state index contributed by atoms with van der Waals surface area (Å²) in [5.41, 5.74) is 7.24. The fraction of sp³-hybridized carbons (Fsp3) is 0.400. The van der Waals surface area contributed by atoms with E-state index in [4.69, 9.17) is 22.1 Å². The number of carbonyl (C=O) groups excluding carboxylic acids is 1. The van der Waals surface area contributed by atoms with E-state index < -0.39 is 11.7 Å². The van der Waals surface area contributed by atoms with Gasteiger partial charge in [0.25, 0.3) is 0 Å².